The highest BCUT2D eigenvalue weighted by atomic mass is 35.7. The van der Waals surface area contributed by atoms with Crippen molar-refractivity contribution in [2.24, 2.45) is 5.92 Å². The Balaban J connectivity index is 2.64. The molecule has 0 fully saturated rings. The van der Waals surface area contributed by atoms with Gasteiger partial charge in [0.2, 0.25) is 9.05 Å². The van der Waals surface area contributed by atoms with Gasteiger partial charge in [-0.3, -0.25) is 0 Å². The van der Waals surface area contributed by atoms with Crippen LogP contribution < -0.4 is 9.47 Å². The van der Waals surface area contributed by atoms with Crippen molar-refractivity contribution in [2.45, 2.75) is 20.3 Å². The van der Waals surface area contributed by atoms with Crippen LogP contribution in [0.3, 0.4) is 0 Å². The van der Waals surface area contributed by atoms with E-state index in [0.717, 1.165) is 0 Å². The smallest absolute Gasteiger partial charge is 0.232 e. The number of halogens is 1. The zero-order chi connectivity index (χ0) is 14.3. The summed E-state index contributed by atoms with van der Waals surface area (Å²) in [4.78, 5) is 0. The standard InChI is InChI=1S/C13H19ClO4S/c1-3-11(10-19(14,15)16)9-18-13-8-6-5-7-12(13)17-4-2/h5-8,11H,3-4,9-10H2,1-2H3. The molecule has 1 rings (SSSR count). The number of rotatable bonds is 8. The van der Waals surface area contributed by atoms with E-state index < -0.39 is 9.05 Å². The molecule has 0 saturated carbocycles. The second kappa shape index (κ2) is 7.60. The summed E-state index contributed by atoms with van der Waals surface area (Å²) in [6.07, 6.45) is 0.683. The number of hydrogen-bond acceptors (Lipinski definition) is 4. The highest BCUT2D eigenvalue weighted by Crippen LogP contribution is 2.27. The molecule has 0 radical (unpaired) electrons. The van der Waals surface area contributed by atoms with Crippen LogP contribution >= 0.6 is 10.7 Å². The van der Waals surface area contributed by atoms with Gasteiger partial charge in [-0.15, -0.1) is 0 Å². The summed E-state index contributed by atoms with van der Waals surface area (Å²) < 4.78 is 33.2. The summed E-state index contributed by atoms with van der Waals surface area (Å²) in [6.45, 7) is 4.65. The molecule has 0 amide bonds. The SMILES string of the molecule is CCOc1ccccc1OCC(CC)CS(=O)(=O)Cl. The maximum atomic E-state index is 11.1. The summed E-state index contributed by atoms with van der Waals surface area (Å²) in [5.41, 5.74) is 0. The van der Waals surface area contributed by atoms with Crippen molar-refractivity contribution in [3.63, 3.8) is 0 Å². The normalized spacial score (nSPS) is 13.0. The van der Waals surface area contributed by atoms with Gasteiger partial charge >= 0.3 is 0 Å². The number of para-hydroxylation sites is 2. The first-order chi connectivity index (χ1) is 8.96. The van der Waals surface area contributed by atoms with Crippen LogP contribution in [0, 0.1) is 5.92 Å². The van der Waals surface area contributed by atoms with Gasteiger partial charge in [-0.2, -0.15) is 0 Å². The molecule has 108 valence electrons. The van der Waals surface area contributed by atoms with Crippen molar-refractivity contribution in [2.75, 3.05) is 19.0 Å². The average molecular weight is 307 g/mol. The predicted octanol–water partition coefficient (Wildman–Crippen LogP) is 3.06. The van der Waals surface area contributed by atoms with Crippen molar-refractivity contribution >= 4 is 19.7 Å². The van der Waals surface area contributed by atoms with E-state index in [4.69, 9.17) is 20.2 Å². The van der Waals surface area contributed by atoms with Gasteiger partial charge < -0.3 is 9.47 Å². The Kier molecular flexibility index (Phi) is 6.45. The molecule has 1 aromatic carbocycles. The van der Waals surface area contributed by atoms with Crippen molar-refractivity contribution < 1.29 is 17.9 Å². The first-order valence-corrected chi connectivity index (χ1v) is 8.71. The van der Waals surface area contributed by atoms with Gasteiger partial charge in [-0.05, 0) is 25.5 Å². The van der Waals surface area contributed by atoms with Crippen LogP contribution in [-0.2, 0) is 9.05 Å². The molecule has 0 aliphatic rings. The molecular weight excluding hydrogens is 288 g/mol. The largest absolute Gasteiger partial charge is 0.490 e. The van der Waals surface area contributed by atoms with E-state index in [0.29, 0.717) is 31.1 Å². The lowest BCUT2D eigenvalue weighted by atomic mass is 10.1. The molecule has 0 N–H and O–H groups in total. The third-order valence-corrected chi connectivity index (χ3v) is 3.88. The van der Waals surface area contributed by atoms with Crippen molar-refractivity contribution in [3.8, 4) is 11.5 Å². The fourth-order valence-corrected chi connectivity index (χ4v) is 3.05. The van der Waals surface area contributed by atoms with E-state index in [1.165, 1.54) is 0 Å². The van der Waals surface area contributed by atoms with Gasteiger partial charge in [0.05, 0.1) is 19.0 Å². The molecule has 19 heavy (non-hydrogen) atoms. The molecule has 1 atom stereocenters. The van der Waals surface area contributed by atoms with Gasteiger partial charge in [0.15, 0.2) is 11.5 Å². The van der Waals surface area contributed by atoms with Crippen LogP contribution in [-0.4, -0.2) is 27.4 Å². The maximum absolute atomic E-state index is 11.1. The van der Waals surface area contributed by atoms with E-state index in [1.807, 2.05) is 32.0 Å². The molecule has 0 spiro atoms. The van der Waals surface area contributed by atoms with E-state index in [1.54, 1.807) is 6.07 Å². The van der Waals surface area contributed by atoms with E-state index >= 15 is 0 Å². The second-order valence-corrected chi connectivity index (χ2v) is 6.99. The number of ether oxygens (including phenoxy) is 2. The second-order valence-electron chi connectivity index (χ2n) is 4.17. The van der Waals surface area contributed by atoms with Crippen LogP contribution in [0.15, 0.2) is 24.3 Å². The molecule has 0 aliphatic heterocycles. The van der Waals surface area contributed by atoms with Crippen molar-refractivity contribution in [1.82, 2.24) is 0 Å². The predicted molar refractivity (Wildman–Crippen MR) is 76.5 cm³/mol. The quantitative estimate of drug-likeness (QED) is 0.693. The molecule has 1 aromatic rings. The Labute approximate surface area is 119 Å². The third-order valence-electron chi connectivity index (χ3n) is 2.64. The first kappa shape index (κ1) is 16.1. The third kappa shape index (κ3) is 6.16. The number of benzene rings is 1. The van der Waals surface area contributed by atoms with Crippen LogP contribution in [0.4, 0.5) is 0 Å². The number of hydrogen-bond donors (Lipinski definition) is 0. The van der Waals surface area contributed by atoms with Gasteiger partial charge in [-0.25, -0.2) is 8.42 Å². The Morgan fingerprint density at radius 1 is 1.16 bits per heavy atom. The van der Waals surface area contributed by atoms with E-state index in [-0.39, 0.29) is 11.7 Å². The molecule has 0 heterocycles. The lowest BCUT2D eigenvalue weighted by Gasteiger charge is -2.16. The van der Waals surface area contributed by atoms with Crippen LogP contribution in [0.1, 0.15) is 20.3 Å². The molecule has 6 heteroatoms. The Hall–Kier alpha value is -0.940. The lowest BCUT2D eigenvalue weighted by Crippen LogP contribution is -2.19. The molecular formula is C13H19ClO4S. The minimum Gasteiger partial charge on any atom is -0.490 e. The fourth-order valence-electron chi connectivity index (χ4n) is 1.62. The summed E-state index contributed by atoms with van der Waals surface area (Å²) in [6, 6.07) is 7.32. The highest BCUT2D eigenvalue weighted by molar-refractivity contribution is 8.13. The van der Waals surface area contributed by atoms with Gasteiger partial charge in [-0.1, -0.05) is 19.1 Å². The Morgan fingerprint density at radius 3 is 2.21 bits per heavy atom. The summed E-state index contributed by atoms with van der Waals surface area (Å²) >= 11 is 0. The Bertz CT molecular complexity index is 487. The van der Waals surface area contributed by atoms with E-state index in [2.05, 4.69) is 0 Å². The Morgan fingerprint density at radius 2 is 1.74 bits per heavy atom. The van der Waals surface area contributed by atoms with Gasteiger partial charge in [0.25, 0.3) is 0 Å². The molecule has 0 saturated heterocycles. The molecule has 0 aliphatic carbocycles. The first-order valence-electron chi connectivity index (χ1n) is 6.23. The molecule has 4 nitrogen and oxygen atoms in total. The molecule has 0 bridgehead atoms. The monoisotopic (exact) mass is 306 g/mol. The fraction of sp³-hybridized carbons (Fsp3) is 0.538. The average Bonchev–Trinajstić information content (AvgIpc) is 2.35. The molecule has 0 aromatic heterocycles. The van der Waals surface area contributed by atoms with E-state index in [9.17, 15) is 8.42 Å². The van der Waals surface area contributed by atoms with Crippen LogP contribution in [0.25, 0.3) is 0 Å². The lowest BCUT2D eigenvalue weighted by molar-refractivity contribution is 0.239. The zero-order valence-corrected chi connectivity index (χ0v) is 12.7. The topological polar surface area (TPSA) is 52.6 Å². The van der Waals surface area contributed by atoms with Gasteiger partial charge in [0, 0.05) is 16.6 Å². The highest BCUT2D eigenvalue weighted by Gasteiger charge is 2.17. The van der Waals surface area contributed by atoms with Crippen molar-refractivity contribution in [1.29, 1.82) is 0 Å². The van der Waals surface area contributed by atoms with Gasteiger partial charge in [0.1, 0.15) is 0 Å². The maximum Gasteiger partial charge on any atom is 0.232 e. The molecule has 1 unspecified atom stereocenters. The van der Waals surface area contributed by atoms with Crippen molar-refractivity contribution in [3.05, 3.63) is 24.3 Å². The summed E-state index contributed by atoms with van der Waals surface area (Å²) in [5, 5.41) is 0. The summed E-state index contributed by atoms with van der Waals surface area (Å²) in [5.74, 6) is 1.07. The zero-order valence-electron chi connectivity index (χ0n) is 11.1. The van der Waals surface area contributed by atoms with Crippen LogP contribution in [0.5, 0.6) is 11.5 Å². The minimum absolute atomic E-state index is 0.0815. The summed E-state index contributed by atoms with van der Waals surface area (Å²) in [7, 11) is 1.76. The minimum atomic E-state index is -3.50. The van der Waals surface area contributed by atoms with Crippen LogP contribution in [0.2, 0.25) is 0 Å².